The van der Waals surface area contributed by atoms with E-state index < -0.39 is 0 Å². The molecule has 0 aromatic carbocycles. The lowest BCUT2D eigenvalue weighted by atomic mass is 10.3. The Morgan fingerprint density at radius 1 is 1.50 bits per heavy atom. The van der Waals surface area contributed by atoms with E-state index in [9.17, 15) is 0 Å². The number of rotatable bonds is 0. The van der Waals surface area contributed by atoms with Gasteiger partial charge in [-0.05, 0) is 28.1 Å². The zero-order valence-corrected chi connectivity index (χ0v) is 6.63. The van der Waals surface area contributed by atoms with Crippen molar-refractivity contribution in [2.24, 2.45) is 0 Å². The lowest BCUT2D eigenvalue weighted by Crippen LogP contribution is -1.65. The van der Waals surface area contributed by atoms with E-state index in [-0.39, 0.29) is 0 Å². The van der Waals surface area contributed by atoms with Gasteiger partial charge in [-0.15, -0.1) is 0 Å². The molecule has 2 heterocycles. The van der Waals surface area contributed by atoms with Crippen LogP contribution >= 0.6 is 15.9 Å². The molecule has 2 aromatic heterocycles. The molecule has 0 atom stereocenters. The first-order valence-electron chi connectivity index (χ1n) is 2.85. The maximum Gasteiger partial charge on any atom is 0.170 e. The summed E-state index contributed by atoms with van der Waals surface area (Å²) in [5.74, 6) is 0. The van der Waals surface area contributed by atoms with Crippen molar-refractivity contribution in [1.29, 1.82) is 0 Å². The minimum atomic E-state index is 0.746. The van der Waals surface area contributed by atoms with Gasteiger partial charge in [0.25, 0.3) is 0 Å². The molecule has 10 heavy (non-hydrogen) atoms. The molecule has 0 bridgehead atoms. The molecular formula is C7H4BrNO. The zero-order chi connectivity index (χ0) is 6.97. The zero-order valence-electron chi connectivity index (χ0n) is 5.04. The normalized spacial score (nSPS) is 10.5. The van der Waals surface area contributed by atoms with Crippen molar-refractivity contribution in [1.82, 2.24) is 4.98 Å². The summed E-state index contributed by atoms with van der Waals surface area (Å²) in [4.78, 5) is 3.91. The molecule has 0 saturated carbocycles. The number of hydrogen-bond donors (Lipinski definition) is 0. The van der Waals surface area contributed by atoms with Crippen LogP contribution in [0.4, 0.5) is 0 Å². The molecule has 0 radical (unpaired) electrons. The number of fused-ring (bicyclic) bond motifs is 1. The van der Waals surface area contributed by atoms with Gasteiger partial charge >= 0.3 is 0 Å². The largest absolute Gasteiger partial charge is 0.448 e. The molecule has 0 aliphatic heterocycles. The number of nitrogens with zero attached hydrogens (tertiary/aromatic N) is 1. The fourth-order valence-corrected chi connectivity index (χ4v) is 1.27. The highest BCUT2D eigenvalue weighted by atomic mass is 79.9. The first-order valence-corrected chi connectivity index (χ1v) is 3.64. The molecule has 3 heteroatoms. The van der Waals surface area contributed by atoms with Crippen LogP contribution in [0.25, 0.3) is 11.0 Å². The van der Waals surface area contributed by atoms with Gasteiger partial charge in [-0.1, -0.05) is 0 Å². The second-order valence-electron chi connectivity index (χ2n) is 1.96. The van der Waals surface area contributed by atoms with Crippen LogP contribution in [-0.4, -0.2) is 4.98 Å². The molecule has 0 saturated heterocycles. The van der Waals surface area contributed by atoms with Crippen LogP contribution in [-0.2, 0) is 0 Å². The Balaban J connectivity index is 2.88. The van der Waals surface area contributed by atoms with E-state index >= 15 is 0 Å². The van der Waals surface area contributed by atoms with Crippen LogP contribution in [0, 0.1) is 0 Å². The number of aromatic nitrogens is 1. The first-order chi connectivity index (χ1) is 4.86. The van der Waals surface area contributed by atoms with E-state index in [0.717, 1.165) is 15.6 Å². The fraction of sp³-hybridized carbons (Fsp3) is 0. The maximum atomic E-state index is 5.22. The Labute approximate surface area is 66.0 Å². The molecule has 0 fully saturated rings. The highest BCUT2D eigenvalue weighted by Crippen LogP contribution is 2.21. The Morgan fingerprint density at radius 2 is 2.40 bits per heavy atom. The monoisotopic (exact) mass is 197 g/mol. The van der Waals surface area contributed by atoms with Crippen molar-refractivity contribution in [3.63, 3.8) is 0 Å². The summed E-state index contributed by atoms with van der Waals surface area (Å²) in [6.45, 7) is 0. The standard InChI is InChI=1S/C7H4BrNO/c8-7-3-5-1-2-9-4-6(5)10-7/h1-4H. The lowest BCUT2D eigenvalue weighted by Gasteiger charge is -1.81. The Kier molecular flexibility index (Phi) is 1.24. The van der Waals surface area contributed by atoms with Crippen molar-refractivity contribution in [3.05, 3.63) is 29.2 Å². The summed E-state index contributed by atoms with van der Waals surface area (Å²) in [7, 11) is 0. The van der Waals surface area contributed by atoms with Gasteiger partial charge < -0.3 is 4.42 Å². The summed E-state index contributed by atoms with van der Waals surface area (Å²) in [6.07, 6.45) is 3.43. The highest BCUT2D eigenvalue weighted by molar-refractivity contribution is 9.10. The number of furan rings is 1. The minimum Gasteiger partial charge on any atom is -0.448 e. The quantitative estimate of drug-likeness (QED) is 0.650. The van der Waals surface area contributed by atoms with Gasteiger partial charge in [0.15, 0.2) is 10.3 Å². The molecule has 50 valence electrons. The van der Waals surface area contributed by atoms with Gasteiger partial charge in [0.1, 0.15) is 0 Å². The Hall–Kier alpha value is -0.830. The topological polar surface area (TPSA) is 26.0 Å². The fourth-order valence-electron chi connectivity index (χ4n) is 0.852. The molecule has 0 unspecified atom stereocenters. The summed E-state index contributed by atoms with van der Waals surface area (Å²) >= 11 is 3.23. The number of halogens is 1. The molecule has 2 aromatic rings. The van der Waals surface area contributed by atoms with Gasteiger partial charge in [-0.2, -0.15) is 0 Å². The second kappa shape index (κ2) is 2.09. The highest BCUT2D eigenvalue weighted by Gasteiger charge is 1.97. The SMILES string of the molecule is Brc1cc2ccncc2o1. The van der Waals surface area contributed by atoms with Crippen LogP contribution < -0.4 is 0 Å². The summed E-state index contributed by atoms with van der Waals surface area (Å²) in [5.41, 5.74) is 0.814. The first kappa shape index (κ1) is 5.92. The average molecular weight is 198 g/mol. The number of pyridine rings is 1. The van der Waals surface area contributed by atoms with Gasteiger partial charge in [0.05, 0.1) is 6.20 Å². The van der Waals surface area contributed by atoms with Crippen LogP contribution in [0.2, 0.25) is 0 Å². The third-order valence-corrected chi connectivity index (χ3v) is 1.68. The molecule has 2 rings (SSSR count). The molecule has 0 aliphatic carbocycles. The smallest absolute Gasteiger partial charge is 0.170 e. The van der Waals surface area contributed by atoms with Crippen molar-refractivity contribution < 1.29 is 4.42 Å². The van der Waals surface area contributed by atoms with Crippen LogP contribution in [0.3, 0.4) is 0 Å². The summed E-state index contributed by atoms with van der Waals surface area (Å²) in [6, 6.07) is 3.82. The summed E-state index contributed by atoms with van der Waals surface area (Å²) in [5, 5.41) is 1.07. The van der Waals surface area contributed by atoms with E-state index in [1.54, 1.807) is 12.4 Å². The van der Waals surface area contributed by atoms with E-state index in [1.807, 2.05) is 12.1 Å². The molecule has 0 aliphatic rings. The average Bonchev–Trinajstić information content (AvgIpc) is 2.27. The van der Waals surface area contributed by atoms with Gasteiger partial charge in [-0.3, -0.25) is 4.98 Å². The maximum absolute atomic E-state index is 5.22. The molecule has 0 N–H and O–H groups in total. The van der Waals surface area contributed by atoms with Gasteiger partial charge in [0.2, 0.25) is 0 Å². The van der Waals surface area contributed by atoms with E-state index in [0.29, 0.717) is 0 Å². The molecule has 0 spiro atoms. The third kappa shape index (κ3) is 0.827. The Morgan fingerprint density at radius 3 is 3.20 bits per heavy atom. The molecule has 0 amide bonds. The second-order valence-corrected chi connectivity index (χ2v) is 2.75. The lowest BCUT2D eigenvalue weighted by molar-refractivity contribution is 0.586. The summed E-state index contributed by atoms with van der Waals surface area (Å²) < 4.78 is 5.97. The van der Waals surface area contributed by atoms with Crippen molar-refractivity contribution in [2.45, 2.75) is 0 Å². The third-order valence-electron chi connectivity index (χ3n) is 1.29. The van der Waals surface area contributed by atoms with E-state index in [2.05, 4.69) is 20.9 Å². The van der Waals surface area contributed by atoms with Crippen molar-refractivity contribution in [2.75, 3.05) is 0 Å². The number of hydrogen-bond acceptors (Lipinski definition) is 2. The van der Waals surface area contributed by atoms with Crippen LogP contribution in [0.5, 0.6) is 0 Å². The van der Waals surface area contributed by atoms with Gasteiger partial charge in [0, 0.05) is 11.6 Å². The van der Waals surface area contributed by atoms with Gasteiger partial charge in [-0.25, -0.2) is 0 Å². The van der Waals surface area contributed by atoms with Crippen molar-refractivity contribution >= 4 is 26.9 Å². The van der Waals surface area contributed by atoms with E-state index in [1.165, 1.54) is 0 Å². The van der Waals surface area contributed by atoms with Crippen LogP contribution in [0.1, 0.15) is 0 Å². The molecular weight excluding hydrogens is 194 g/mol. The van der Waals surface area contributed by atoms with E-state index in [4.69, 9.17) is 4.42 Å². The molecule has 2 nitrogen and oxygen atoms in total. The van der Waals surface area contributed by atoms with Crippen LogP contribution in [0.15, 0.2) is 33.6 Å². The predicted molar refractivity (Wildman–Crippen MR) is 41.7 cm³/mol. The minimum absolute atomic E-state index is 0.746. The Bertz CT molecular complexity index is 322. The predicted octanol–water partition coefficient (Wildman–Crippen LogP) is 2.59. The van der Waals surface area contributed by atoms with Crippen molar-refractivity contribution in [3.8, 4) is 0 Å².